The van der Waals surface area contributed by atoms with E-state index >= 15 is 0 Å². The van der Waals surface area contributed by atoms with Crippen molar-refractivity contribution >= 4 is 17.5 Å². The number of carbonyl (C=O) groups excluding carboxylic acids is 2. The highest BCUT2D eigenvalue weighted by molar-refractivity contribution is 6.23. The maximum atomic E-state index is 14.0. The molecule has 0 N–H and O–H groups in total. The first kappa shape index (κ1) is 23.7. The second-order valence-corrected chi connectivity index (χ2v) is 9.59. The van der Waals surface area contributed by atoms with E-state index in [9.17, 15) is 9.59 Å². The standard InChI is InChI=1S/C33H27NO4/c1-37-25-16-18-27(19-17-25)38-26-14-12-24(13-15-26)34-32(35)30-28(22-8-4-2-5-9-22)20-21-29(31(30)33(34)36)23-10-6-3-7-11-23/h2-21,28-31H,1H3/t28-,29+,30-,31-/m1/s1. The zero-order valence-electron chi connectivity index (χ0n) is 20.9. The van der Waals surface area contributed by atoms with Gasteiger partial charge in [0, 0.05) is 11.8 Å². The van der Waals surface area contributed by atoms with Crippen LogP contribution in [0.15, 0.2) is 121 Å². The lowest BCUT2D eigenvalue weighted by Crippen LogP contribution is -2.31. The molecule has 0 bridgehead atoms. The molecule has 6 rings (SSSR count). The predicted octanol–water partition coefficient (Wildman–Crippen LogP) is 6.73. The predicted molar refractivity (Wildman–Crippen MR) is 146 cm³/mol. The molecule has 4 aromatic carbocycles. The van der Waals surface area contributed by atoms with Crippen molar-refractivity contribution in [2.75, 3.05) is 12.0 Å². The van der Waals surface area contributed by atoms with Crippen molar-refractivity contribution in [2.24, 2.45) is 11.8 Å². The van der Waals surface area contributed by atoms with Gasteiger partial charge in [-0.1, -0.05) is 72.8 Å². The molecule has 5 heteroatoms. The number of carbonyl (C=O) groups is 2. The Balaban J connectivity index is 1.32. The van der Waals surface area contributed by atoms with E-state index in [1.165, 1.54) is 4.90 Å². The Bertz CT molecular complexity index is 1400. The Kier molecular flexibility index (Phi) is 6.26. The fraction of sp³-hybridized carbons (Fsp3) is 0.152. The normalized spacial score (nSPS) is 22.3. The van der Waals surface area contributed by atoms with Gasteiger partial charge in [-0.3, -0.25) is 9.59 Å². The van der Waals surface area contributed by atoms with Crippen molar-refractivity contribution in [1.82, 2.24) is 0 Å². The van der Waals surface area contributed by atoms with Crippen LogP contribution in [0.2, 0.25) is 0 Å². The second-order valence-electron chi connectivity index (χ2n) is 9.59. The zero-order chi connectivity index (χ0) is 26.1. The number of methoxy groups -OCH3 is 1. The Hall–Kier alpha value is -4.64. The van der Waals surface area contributed by atoms with Crippen molar-refractivity contribution in [3.63, 3.8) is 0 Å². The molecular formula is C33H27NO4. The van der Waals surface area contributed by atoms with Crippen molar-refractivity contribution in [3.8, 4) is 17.2 Å². The van der Waals surface area contributed by atoms with Crippen LogP contribution in [0.1, 0.15) is 23.0 Å². The van der Waals surface area contributed by atoms with Gasteiger partial charge in [0.1, 0.15) is 17.2 Å². The molecule has 5 nitrogen and oxygen atoms in total. The average molecular weight is 502 g/mol. The van der Waals surface area contributed by atoms with Crippen LogP contribution in [0, 0.1) is 11.8 Å². The summed E-state index contributed by atoms with van der Waals surface area (Å²) in [5.41, 5.74) is 2.63. The Morgan fingerprint density at radius 2 is 0.974 bits per heavy atom. The van der Waals surface area contributed by atoms with Crippen molar-refractivity contribution in [3.05, 3.63) is 132 Å². The quantitative estimate of drug-likeness (QED) is 0.217. The number of benzene rings is 4. The highest BCUT2D eigenvalue weighted by Crippen LogP contribution is 2.50. The minimum absolute atomic E-state index is 0.164. The lowest BCUT2D eigenvalue weighted by molar-refractivity contribution is -0.122. The third kappa shape index (κ3) is 4.26. The van der Waals surface area contributed by atoms with Crippen molar-refractivity contribution in [1.29, 1.82) is 0 Å². The summed E-state index contributed by atoms with van der Waals surface area (Å²) in [7, 11) is 1.62. The van der Waals surface area contributed by atoms with E-state index in [1.54, 1.807) is 31.4 Å². The maximum absolute atomic E-state index is 14.0. The molecule has 1 saturated heterocycles. The van der Waals surface area contributed by atoms with Crippen LogP contribution in [0.25, 0.3) is 0 Å². The van der Waals surface area contributed by atoms with Crippen molar-refractivity contribution < 1.29 is 19.1 Å². The van der Waals surface area contributed by atoms with Gasteiger partial charge in [0.15, 0.2) is 0 Å². The van der Waals surface area contributed by atoms with Crippen LogP contribution < -0.4 is 14.4 Å². The largest absolute Gasteiger partial charge is 0.497 e. The number of imide groups is 1. The molecule has 0 aromatic heterocycles. The summed E-state index contributed by atoms with van der Waals surface area (Å²) in [4.78, 5) is 29.3. The molecule has 2 amide bonds. The SMILES string of the molecule is COc1ccc(Oc2ccc(N3C(=O)[C@H]4[C@H](C3=O)[C@H](c3ccccc3)C=C[C@@H]4c3ccccc3)cc2)cc1. The van der Waals surface area contributed by atoms with E-state index in [-0.39, 0.29) is 23.7 Å². The minimum atomic E-state index is -0.477. The van der Waals surface area contributed by atoms with E-state index in [2.05, 4.69) is 12.2 Å². The van der Waals surface area contributed by atoms with Crippen LogP contribution in [-0.2, 0) is 9.59 Å². The lowest BCUT2D eigenvalue weighted by Gasteiger charge is -2.32. The summed E-state index contributed by atoms with van der Waals surface area (Å²) in [5.74, 6) is 0.413. The number of ether oxygens (including phenoxy) is 2. The number of anilines is 1. The van der Waals surface area contributed by atoms with Gasteiger partial charge in [0.2, 0.25) is 11.8 Å². The molecule has 1 aliphatic carbocycles. The number of fused-ring (bicyclic) bond motifs is 1. The molecule has 0 unspecified atom stereocenters. The van der Waals surface area contributed by atoms with Crippen LogP contribution in [0.3, 0.4) is 0 Å². The highest BCUT2D eigenvalue weighted by Gasteiger charge is 2.55. The number of allylic oxidation sites excluding steroid dienone is 2. The summed E-state index contributed by atoms with van der Waals surface area (Å²) in [6.07, 6.45) is 4.21. The third-order valence-electron chi connectivity index (χ3n) is 7.46. The van der Waals surface area contributed by atoms with Gasteiger partial charge in [0.25, 0.3) is 0 Å². The molecule has 2 aliphatic rings. The van der Waals surface area contributed by atoms with E-state index in [0.29, 0.717) is 17.2 Å². The highest BCUT2D eigenvalue weighted by atomic mass is 16.5. The molecule has 0 spiro atoms. The van der Waals surface area contributed by atoms with Gasteiger partial charge in [0.05, 0.1) is 24.6 Å². The smallest absolute Gasteiger partial charge is 0.238 e. The van der Waals surface area contributed by atoms with Crippen LogP contribution in [-0.4, -0.2) is 18.9 Å². The topological polar surface area (TPSA) is 55.8 Å². The number of hydrogen-bond donors (Lipinski definition) is 0. The van der Waals surface area contributed by atoms with E-state index < -0.39 is 11.8 Å². The van der Waals surface area contributed by atoms with E-state index in [0.717, 1.165) is 16.9 Å². The number of hydrogen-bond acceptors (Lipinski definition) is 4. The van der Waals surface area contributed by atoms with Gasteiger partial charge in [-0.25, -0.2) is 4.90 Å². The summed E-state index contributed by atoms with van der Waals surface area (Å²) in [6, 6.07) is 34.3. The fourth-order valence-corrected chi connectivity index (χ4v) is 5.63. The first-order chi connectivity index (χ1) is 18.6. The molecule has 4 aromatic rings. The molecule has 1 aliphatic heterocycles. The minimum Gasteiger partial charge on any atom is -0.497 e. The Labute approximate surface area is 221 Å². The summed E-state index contributed by atoms with van der Waals surface area (Å²) >= 11 is 0. The summed E-state index contributed by atoms with van der Waals surface area (Å²) in [5, 5.41) is 0. The van der Waals surface area contributed by atoms with E-state index in [4.69, 9.17) is 9.47 Å². The zero-order valence-corrected chi connectivity index (χ0v) is 20.9. The average Bonchev–Trinajstić information content (AvgIpc) is 3.24. The fourth-order valence-electron chi connectivity index (χ4n) is 5.63. The van der Waals surface area contributed by atoms with Gasteiger partial charge in [-0.2, -0.15) is 0 Å². The van der Waals surface area contributed by atoms with Gasteiger partial charge in [-0.05, 0) is 59.7 Å². The van der Waals surface area contributed by atoms with Gasteiger partial charge >= 0.3 is 0 Å². The molecular weight excluding hydrogens is 474 g/mol. The number of rotatable bonds is 6. The number of nitrogens with zero attached hydrogens (tertiary/aromatic N) is 1. The Morgan fingerprint density at radius 1 is 0.553 bits per heavy atom. The molecule has 4 atom stereocenters. The van der Waals surface area contributed by atoms with Crippen LogP contribution in [0.4, 0.5) is 5.69 Å². The van der Waals surface area contributed by atoms with Gasteiger partial charge < -0.3 is 9.47 Å². The van der Waals surface area contributed by atoms with Crippen LogP contribution >= 0.6 is 0 Å². The molecule has 188 valence electrons. The molecule has 0 saturated carbocycles. The monoisotopic (exact) mass is 501 g/mol. The number of amides is 2. The molecule has 1 heterocycles. The van der Waals surface area contributed by atoms with Crippen molar-refractivity contribution in [2.45, 2.75) is 11.8 Å². The summed E-state index contributed by atoms with van der Waals surface area (Å²) in [6.45, 7) is 0. The van der Waals surface area contributed by atoms with Crippen LogP contribution in [0.5, 0.6) is 17.2 Å². The summed E-state index contributed by atoms with van der Waals surface area (Å²) < 4.78 is 11.1. The Morgan fingerprint density at radius 3 is 1.42 bits per heavy atom. The lowest BCUT2D eigenvalue weighted by atomic mass is 9.68. The first-order valence-corrected chi connectivity index (χ1v) is 12.7. The van der Waals surface area contributed by atoms with E-state index in [1.807, 2.05) is 84.9 Å². The second kappa shape index (κ2) is 10.0. The third-order valence-corrected chi connectivity index (χ3v) is 7.46. The maximum Gasteiger partial charge on any atom is 0.238 e. The van der Waals surface area contributed by atoms with Gasteiger partial charge in [-0.15, -0.1) is 0 Å². The molecule has 1 fully saturated rings. The first-order valence-electron chi connectivity index (χ1n) is 12.7. The molecule has 0 radical (unpaired) electrons. The molecule has 38 heavy (non-hydrogen) atoms.